The van der Waals surface area contributed by atoms with Crippen molar-refractivity contribution in [1.29, 1.82) is 0 Å². The molecule has 0 aliphatic carbocycles. The number of morpholine rings is 1. The maximum absolute atomic E-state index is 12.3. The van der Waals surface area contributed by atoms with E-state index in [4.69, 9.17) is 18.9 Å². The number of nitrogens with zero attached hydrogens (tertiary/aromatic N) is 2. The zero-order valence-electron chi connectivity index (χ0n) is 19.6. The van der Waals surface area contributed by atoms with Gasteiger partial charge in [-0.2, -0.15) is 5.10 Å². The lowest BCUT2D eigenvalue weighted by Gasteiger charge is -2.26. The molecule has 2 N–H and O–H groups in total. The van der Waals surface area contributed by atoms with Crippen molar-refractivity contribution >= 4 is 29.6 Å². The summed E-state index contributed by atoms with van der Waals surface area (Å²) in [5.41, 5.74) is 3.21. The second kappa shape index (κ2) is 12.9. The summed E-state index contributed by atoms with van der Waals surface area (Å²) in [5, 5.41) is 6.29. The summed E-state index contributed by atoms with van der Waals surface area (Å²) in [4.78, 5) is 38.1. The second-order valence-corrected chi connectivity index (χ2v) is 7.30. The van der Waals surface area contributed by atoms with Crippen LogP contribution in [0.5, 0.6) is 17.2 Å². The molecule has 186 valence electrons. The van der Waals surface area contributed by atoms with E-state index in [1.165, 1.54) is 13.3 Å². The van der Waals surface area contributed by atoms with Crippen molar-refractivity contribution in [3.63, 3.8) is 0 Å². The number of rotatable bonds is 9. The molecule has 0 atom stereocenters. The highest BCUT2D eigenvalue weighted by atomic mass is 16.5. The van der Waals surface area contributed by atoms with E-state index in [2.05, 4.69) is 15.8 Å². The number of hydrogen-bond acceptors (Lipinski definition) is 8. The Balaban J connectivity index is 1.54. The molecule has 11 heteroatoms. The van der Waals surface area contributed by atoms with Crippen LogP contribution < -0.4 is 25.0 Å². The average Bonchev–Trinajstić information content (AvgIpc) is 2.89. The van der Waals surface area contributed by atoms with Gasteiger partial charge in [0.25, 0.3) is 5.91 Å². The number of hydrazone groups is 1. The lowest BCUT2D eigenvalue weighted by atomic mass is 10.2. The second-order valence-electron chi connectivity index (χ2n) is 7.30. The molecule has 1 saturated heterocycles. The van der Waals surface area contributed by atoms with Crippen molar-refractivity contribution in [3.05, 3.63) is 48.0 Å². The highest BCUT2D eigenvalue weighted by molar-refractivity contribution is 6.39. The predicted molar refractivity (Wildman–Crippen MR) is 128 cm³/mol. The standard InChI is InChI=1S/C24H28N4O7/c1-3-34-21-14-17(4-9-20(21)35-16-22(29)28-10-12-33-13-11-28)15-25-27-24(31)23(30)26-18-5-7-19(32-2)8-6-18/h4-9,14-15H,3,10-13,16H2,1-2H3,(H,26,30)(H,27,31)/b25-15-. The van der Waals surface area contributed by atoms with Gasteiger partial charge in [0.05, 0.1) is 33.1 Å². The highest BCUT2D eigenvalue weighted by Crippen LogP contribution is 2.28. The molecule has 2 aromatic rings. The van der Waals surface area contributed by atoms with E-state index in [1.807, 2.05) is 6.92 Å². The fourth-order valence-corrected chi connectivity index (χ4v) is 3.11. The van der Waals surface area contributed by atoms with E-state index in [9.17, 15) is 14.4 Å². The molecule has 1 heterocycles. The normalized spacial score (nSPS) is 13.3. The minimum Gasteiger partial charge on any atom is -0.497 e. The fraction of sp³-hybridized carbons (Fsp3) is 0.333. The zero-order valence-corrected chi connectivity index (χ0v) is 19.6. The summed E-state index contributed by atoms with van der Waals surface area (Å²) in [5.74, 6) is -0.455. The Hall–Kier alpha value is -4.12. The number of methoxy groups -OCH3 is 1. The summed E-state index contributed by atoms with van der Waals surface area (Å²) in [6.07, 6.45) is 1.36. The Labute approximate surface area is 203 Å². The van der Waals surface area contributed by atoms with Crippen molar-refractivity contribution in [2.45, 2.75) is 6.92 Å². The summed E-state index contributed by atoms with van der Waals surface area (Å²) in [6, 6.07) is 11.5. The van der Waals surface area contributed by atoms with Gasteiger partial charge in [0.15, 0.2) is 18.1 Å². The molecule has 0 saturated carbocycles. The van der Waals surface area contributed by atoms with Crippen molar-refractivity contribution in [3.8, 4) is 17.2 Å². The van der Waals surface area contributed by atoms with Crippen LogP contribution in [0.15, 0.2) is 47.6 Å². The number of hydrogen-bond donors (Lipinski definition) is 2. The molecule has 35 heavy (non-hydrogen) atoms. The summed E-state index contributed by atoms with van der Waals surface area (Å²) < 4.78 is 21.6. The fourth-order valence-electron chi connectivity index (χ4n) is 3.11. The predicted octanol–water partition coefficient (Wildman–Crippen LogP) is 1.42. The van der Waals surface area contributed by atoms with Crippen LogP contribution in [-0.2, 0) is 19.1 Å². The van der Waals surface area contributed by atoms with Gasteiger partial charge in [0, 0.05) is 18.8 Å². The van der Waals surface area contributed by atoms with Gasteiger partial charge < -0.3 is 29.2 Å². The summed E-state index contributed by atoms with van der Waals surface area (Å²) >= 11 is 0. The van der Waals surface area contributed by atoms with Crippen molar-refractivity contribution < 1.29 is 33.3 Å². The average molecular weight is 485 g/mol. The first-order valence-electron chi connectivity index (χ1n) is 11.0. The van der Waals surface area contributed by atoms with Crippen LogP contribution in [0.1, 0.15) is 12.5 Å². The maximum atomic E-state index is 12.3. The smallest absolute Gasteiger partial charge is 0.329 e. The first-order valence-corrected chi connectivity index (χ1v) is 11.0. The molecule has 0 spiro atoms. The van der Waals surface area contributed by atoms with Crippen LogP contribution in [0.2, 0.25) is 0 Å². The number of nitrogens with one attached hydrogen (secondary N) is 2. The quantitative estimate of drug-likeness (QED) is 0.313. The Morgan fingerprint density at radius 2 is 1.77 bits per heavy atom. The maximum Gasteiger partial charge on any atom is 0.329 e. The summed E-state index contributed by atoms with van der Waals surface area (Å²) in [7, 11) is 1.53. The monoisotopic (exact) mass is 484 g/mol. The lowest BCUT2D eigenvalue weighted by Crippen LogP contribution is -2.43. The van der Waals surface area contributed by atoms with Gasteiger partial charge in [-0.25, -0.2) is 5.43 Å². The van der Waals surface area contributed by atoms with Crippen LogP contribution in [-0.4, -0.2) is 75.5 Å². The lowest BCUT2D eigenvalue weighted by molar-refractivity contribution is -0.137. The third-order valence-electron chi connectivity index (χ3n) is 4.92. The number of amides is 3. The number of anilines is 1. The van der Waals surface area contributed by atoms with E-state index in [0.29, 0.717) is 61.4 Å². The Kier molecular flexibility index (Phi) is 9.43. The van der Waals surface area contributed by atoms with Crippen LogP contribution >= 0.6 is 0 Å². The van der Waals surface area contributed by atoms with E-state index in [0.717, 1.165) is 0 Å². The Morgan fingerprint density at radius 3 is 2.46 bits per heavy atom. The van der Waals surface area contributed by atoms with Crippen molar-refractivity contribution in [1.82, 2.24) is 10.3 Å². The van der Waals surface area contributed by atoms with Gasteiger partial charge in [-0.15, -0.1) is 0 Å². The van der Waals surface area contributed by atoms with Gasteiger partial charge in [0.2, 0.25) is 0 Å². The van der Waals surface area contributed by atoms with Crippen LogP contribution in [0.25, 0.3) is 0 Å². The van der Waals surface area contributed by atoms with Gasteiger partial charge in [-0.1, -0.05) is 0 Å². The number of benzene rings is 2. The topological polar surface area (TPSA) is 128 Å². The molecule has 2 aromatic carbocycles. The molecular weight excluding hydrogens is 456 g/mol. The molecule has 1 fully saturated rings. The van der Waals surface area contributed by atoms with Crippen molar-refractivity contribution in [2.24, 2.45) is 5.10 Å². The minimum atomic E-state index is -0.927. The molecule has 0 radical (unpaired) electrons. The Bertz CT molecular complexity index is 1050. The Morgan fingerprint density at radius 1 is 1.03 bits per heavy atom. The molecular formula is C24H28N4O7. The molecule has 0 bridgehead atoms. The van der Waals surface area contributed by atoms with Crippen LogP contribution in [0.4, 0.5) is 5.69 Å². The number of carbonyl (C=O) groups is 3. The van der Waals surface area contributed by atoms with E-state index in [-0.39, 0.29) is 12.5 Å². The number of ether oxygens (including phenoxy) is 4. The molecule has 0 unspecified atom stereocenters. The van der Waals surface area contributed by atoms with E-state index in [1.54, 1.807) is 47.4 Å². The molecule has 3 rings (SSSR count). The molecule has 3 amide bonds. The van der Waals surface area contributed by atoms with E-state index < -0.39 is 11.8 Å². The highest BCUT2D eigenvalue weighted by Gasteiger charge is 2.18. The third-order valence-corrected chi connectivity index (χ3v) is 4.92. The first kappa shape index (κ1) is 25.5. The summed E-state index contributed by atoms with van der Waals surface area (Å²) in [6.45, 7) is 4.21. The van der Waals surface area contributed by atoms with Crippen LogP contribution in [0, 0.1) is 0 Å². The molecule has 11 nitrogen and oxygen atoms in total. The zero-order chi connectivity index (χ0) is 25.0. The minimum absolute atomic E-state index is 0.118. The molecule has 0 aromatic heterocycles. The van der Waals surface area contributed by atoms with Gasteiger partial charge in [0.1, 0.15) is 5.75 Å². The third kappa shape index (κ3) is 7.71. The SMILES string of the molecule is CCOc1cc(/C=N\NC(=O)C(=O)Nc2ccc(OC)cc2)ccc1OCC(=O)N1CCOCC1. The number of carbonyl (C=O) groups excluding carboxylic acids is 3. The van der Waals surface area contributed by atoms with Crippen molar-refractivity contribution in [2.75, 3.05) is 51.9 Å². The largest absolute Gasteiger partial charge is 0.497 e. The van der Waals surface area contributed by atoms with E-state index >= 15 is 0 Å². The van der Waals surface area contributed by atoms with Gasteiger partial charge in [-0.3, -0.25) is 14.4 Å². The van der Waals surface area contributed by atoms with Gasteiger partial charge >= 0.3 is 11.8 Å². The molecule has 1 aliphatic rings. The van der Waals surface area contributed by atoms with Crippen LogP contribution in [0.3, 0.4) is 0 Å². The molecule has 1 aliphatic heterocycles. The van der Waals surface area contributed by atoms with Gasteiger partial charge in [-0.05, 0) is 55.0 Å². The first-order chi connectivity index (χ1) is 17.0.